The Morgan fingerprint density at radius 2 is 1.89 bits per heavy atom. The van der Waals surface area contributed by atoms with Crippen LogP contribution in [0.1, 0.15) is 59.8 Å². The summed E-state index contributed by atoms with van der Waals surface area (Å²) < 4.78 is 5.61. The van der Waals surface area contributed by atoms with Gasteiger partial charge in [0.05, 0.1) is 16.8 Å². The SMILES string of the molecule is CCCN(CC1CC1)C(=O)COC(=O)c1c2c(nc3ccccc13)/C(=C/c1ccc(O)cc1)CC2. The molecule has 0 saturated heterocycles. The van der Waals surface area contributed by atoms with E-state index >= 15 is 0 Å². The number of nitrogens with zero attached hydrogens (tertiary/aromatic N) is 2. The molecule has 2 aliphatic rings. The Hall–Kier alpha value is -3.67. The third kappa shape index (κ3) is 5.06. The van der Waals surface area contributed by atoms with Gasteiger partial charge in [0.25, 0.3) is 5.91 Å². The molecule has 1 aromatic heterocycles. The molecule has 6 heteroatoms. The van der Waals surface area contributed by atoms with E-state index in [0.29, 0.717) is 24.4 Å². The molecule has 1 fully saturated rings. The second-order valence-electron chi connectivity index (χ2n) is 9.45. The Labute approximate surface area is 205 Å². The van der Waals surface area contributed by atoms with Gasteiger partial charge in [-0.3, -0.25) is 4.79 Å². The summed E-state index contributed by atoms with van der Waals surface area (Å²) in [7, 11) is 0. The largest absolute Gasteiger partial charge is 0.508 e. The molecule has 5 rings (SSSR count). The zero-order chi connectivity index (χ0) is 24.4. The molecule has 0 bridgehead atoms. The molecule has 0 aliphatic heterocycles. The number of aromatic nitrogens is 1. The number of ether oxygens (including phenoxy) is 1. The summed E-state index contributed by atoms with van der Waals surface area (Å²) >= 11 is 0. The van der Waals surface area contributed by atoms with Crippen LogP contribution in [0, 0.1) is 5.92 Å². The number of hydrogen-bond donors (Lipinski definition) is 1. The Morgan fingerprint density at radius 1 is 1.11 bits per heavy atom. The highest BCUT2D eigenvalue weighted by molar-refractivity contribution is 6.07. The number of phenols is 1. The molecule has 35 heavy (non-hydrogen) atoms. The lowest BCUT2D eigenvalue weighted by Gasteiger charge is -2.22. The fraction of sp³-hybridized carbons (Fsp3) is 0.345. The molecular formula is C29H30N2O4. The van der Waals surface area contributed by atoms with E-state index in [1.807, 2.05) is 47.4 Å². The zero-order valence-electron chi connectivity index (χ0n) is 20.0. The molecule has 3 aromatic rings. The number of carbonyl (C=O) groups excluding carboxylic acids is 2. The van der Waals surface area contributed by atoms with Gasteiger partial charge in [-0.15, -0.1) is 0 Å². The second-order valence-corrected chi connectivity index (χ2v) is 9.45. The van der Waals surface area contributed by atoms with Crippen molar-refractivity contribution in [3.63, 3.8) is 0 Å². The summed E-state index contributed by atoms with van der Waals surface area (Å²) in [4.78, 5) is 32.9. The number of benzene rings is 2. The van der Waals surface area contributed by atoms with Crippen LogP contribution in [0.4, 0.5) is 0 Å². The van der Waals surface area contributed by atoms with E-state index in [2.05, 4.69) is 6.92 Å². The lowest BCUT2D eigenvalue weighted by molar-refractivity contribution is -0.134. The summed E-state index contributed by atoms with van der Waals surface area (Å²) in [6.45, 7) is 3.25. The fourth-order valence-electron chi connectivity index (χ4n) is 4.77. The minimum Gasteiger partial charge on any atom is -0.508 e. The zero-order valence-corrected chi connectivity index (χ0v) is 20.0. The molecule has 2 aliphatic carbocycles. The van der Waals surface area contributed by atoms with E-state index in [0.717, 1.165) is 52.7 Å². The first kappa shape index (κ1) is 23.1. The summed E-state index contributed by atoms with van der Waals surface area (Å²) in [6, 6.07) is 14.6. The van der Waals surface area contributed by atoms with Crippen LogP contribution in [0.5, 0.6) is 5.75 Å². The smallest absolute Gasteiger partial charge is 0.339 e. The van der Waals surface area contributed by atoms with Crippen LogP contribution < -0.4 is 0 Å². The van der Waals surface area contributed by atoms with Gasteiger partial charge in [-0.2, -0.15) is 0 Å². The number of hydrogen-bond acceptors (Lipinski definition) is 5. The van der Waals surface area contributed by atoms with Crippen molar-refractivity contribution in [3.8, 4) is 5.75 Å². The van der Waals surface area contributed by atoms with Crippen molar-refractivity contribution < 1.29 is 19.4 Å². The van der Waals surface area contributed by atoms with Gasteiger partial charge >= 0.3 is 5.97 Å². The average molecular weight is 471 g/mol. The van der Waals surface area contributed by atoms with Crippen LogP contribution in [-0.2, 0) is 16.0 Å². The van der Waals surface area contributed by atoms with Crippen LogP contribution in [-0.4, -0.2) is 46.6 Å². The molecule has 0 unspecified atom stereocenters. The Morgan fingerprint density at radius 3 is 2.63 bits per heavy atom. The van der Waals surface area contributed by atoms with Gasteiger partial charge in [-0.05, 0) is 79.0 Å². The van der Waals surface area contributed by atoms with Crippen LogP contribution in [0.3, 0.4) is 0 Å². The van der Waals surface area contributed by atoms with E-state index in [4.69, 9.17) is 9.72 Å². The highest BCUT2D eigenvalue weighted by Crippen LogP contribution is 2.38. The number of aromatic hydroxyl groups is 1. The molecule has 6 nitrogen and oxygen atoms in total. The number of allylic oxidation sites excluding steroid dienone is 1. The molecule has 0 atom stereocenters. The Balaban J connectivity index is 1.43. The third-order valence-corrected chi connectivity index (χ3v) is 6.73. The van der Waals surface area contributed by atoms with Crippen molar-refractivity contribution >= 4 is 34.4 Å². The van der Waals surface area contributed by atoms with Gasteiger partial charge in [0.2, 0.25) is 0 Å². The van der Waals surface area contributed by atoms with Crippen LogP contribution in [0.15, 0.2) is 48.5 Å². The van der Waals surface area contributed by atoms with E-state index in [1.54, 1.807) is 12.1 Å². The quantitative estimate of drug-likeness (QED) is 0.456. The van der Waals surface area contributed by atoms with Gasteiger partial charge in [-0.1, -0.05) is 37.3 Å². The van der Waals surface area contributed by atoms with E-state index in [-0.39, 0.29) is 18.3 Å². The van der Waals surface area contributed by atoms with Gasteiger partial charge in [0, 0.05) is 18.5 Å². The predicted molar refractivity (Wildman–Crippen MR) is 136 cm³/mol. The predicted octanol–water partition coefficient (Wildman–Crippen LogP) is 5.23. The number of fused-ring (bicyclic) bond motifs is 2. The van der Waals surface area contributed by atoms with Crippen molar-refractivity contribution in [2.75, 3.05) is 19.7 Å². The van der Waals surface area contributed by atoms with Gasteiger partial charge in [-0.25, -0.2) is 9.78 Å². The number of carbonyl (C=O) groups is 2. The number of amides is 1. The number of pyridine rings is 1. The summed E-state index contributed by atoms with van der Waals surface area (Å²) in [6.07, 6.45) is 6.70. The topological polar surface area (TPSA) is 79.7 Å². The second kappa shape index (κ2) is 9.90. The molecule has 1 amide bonds. The maximum atomic E-state index is 13.4. The third-order valence-electron chi connectivity index (χ3n) is 6.73. The number of rotatable bonds is 8. The van der Waals surface area contributed by atoms with E-state index in [1.165, 1.54) is 12.8 Å². The normalized spacial score (nSPS) is 15.9. The summed E-state index contributed by atoms with van der Waals surface area (Å²) in [5, 5.41) is 10.3. The number of esters is 1. The van der Waals surface area contributed by atoms with E-state index < -0.39 is 5.97 Å². The monoisotopic (exact) mass is 470 g/mol. The molecular weight excluding hydrogens is 440 g/mol. The average Bonchev–Trinajstić information content (AvgIpc) is 3.61. The molecule has 180 valence electrons. The van der Waals surface area contributed by atoms with Crippen LogP contribution in [0.2, 0.25) is 0 Å². The van der Waals surface area contributed by atoms with E-state index in [9.17, 15) is 14.7 Å². The summed E-state index contributed by atoms with van der Waals surface area (Å²) in [5.74, 6) is 0.210. The first-order valence-corrected chi connectivity index (χ1v) is 12.4. The van der Waals surface area contributed by atoms with Gasteiger partial charge in [0.15, 0.2) is 6.61 Å². The van der Waals surface area contributed by atoms with Crippen molar-refractivity contribution in [2.24, 2.45) is 5.92 Å². The number of para-hydroxylation sites is 1. The highest BCUT2D eigenvalue weighted by Gasteiger charge is 2.29. The van der Waals surface area contributed by atoms with Crippen molar-refractivity contribution in [1.29, 1.82) is 0 Å². The Kier molecular flexibility index (Phi) is 6.53. The first-order chi connectivity index (χ1) is 17.0. The number of phenolic OH excluding ortho intramolecular Hbond substituents is 1. The minimum atomic E-state index is -0.470. The lowest BCUT2D eigenvalue weighted by Crippen LogP contribution is -2.37. The molecule has 0 radical (unpaired) electrons. The fourth-order valence-corrected chi connectivity index (χ4v) is 4.77. The first-order valence-electron chi connectivity index (χ1n) is 12.4. The van der Waals surface area contributed by atoms with Crippen LogP contribution >= 0.6 is 0 Å². The molecule has 2 aromatic carbocycles. The molecule has 1 saturated carbocycles. The minimum absolute atomic E-state index is 0.130. The van der Waals surface area contributed by atoms with Crippen LogP contribution in [0.25, 0.3) is 22.6 Å². The molecule has 1 heterocycles. The maximum absolute atomic E-state index is 13.4. The van der Waals surface area contributed by atoms with Gasteiger partial charge in [0.1, 0.15) is 5.75 Å². The Bertz CT molecular complexity index is 1290. The summed E-state index contributed by atoms with van der Waals surface area (Å²) in [5.41, 5.74) is 4.91. The molecule has 1 N–H and O–H groups in total. The maximum Gasteiger partial charge on any atom is 0.339 e. The van der Waals surface area contributed by atoms with Gasteiger partial charge < -0.3 is 14.7 Å². The lowest BCUT2D eigenvalue weighted by atomic mass is 10.0. The van der Waals surface area contributed by atoms with Crippen molar-refractivity contribution in [1.82, 2.24) is 9.88 Å². The highest BCUT2D eigenvalue weighted by atomic mass is 16.5. The standard InChI is InChI=1S/C29H30N2O4/c1-2-15-31(17-20-7-8-20)26(33)18-35-29(34)27-23-5-3-4-6-25(23)30-28-21(11-14-24(27)28)16-19-9-12-22(32)13-10-19/h3-6,9-10,12-13,16,20,32H,2,7-8,11,14-15,17-18H2,1H3/b21-16+. The molecule has 0 spiro atoms. The van der Waals surface area contributed by atoms with Crippen molar-refractivity contribution in [3.05, 3.63) is 70.9 Å². The van der Waals surface area contributed by atoms with Crippen molar-refractivity contribution in [2.45, 2.75) is 39.0 Å².